The summed E-state index contributed by atoms with van der Waals surface area (Å²) in [6, 6.07) is 9.48. The zero-order valence-electron chi connectivity index (χ0n) is 12.9. The Labute approximate surface area is 143 Å². The second-order valence-electron chi connectivity index (χ2n) is 5.44. The molecule has 8 heteroatoms. The number of carbonyl (C=O) groups excluding carboxylic acids is 1. The van der Waals surface area contributed by atoms with Gasteiger partial charge in [-0.25, -0.2) is 4.98 Å². The van der Waals surface area contributed by atoms with E-state index in [-0.39, 0.29) is 5.91 Å². The Morgan fingerprint density at radius 3 is 2.79 bits per heavy atom. The van der Waals surface area contributed by atoms with Crippen LogP contribution in [0.1, 0.15) is 10.5 Å². The summed E-state index contributed by atoms with van der Waals surface area (Å²) < 4.78 is 1.99. The highest BCUT2D eigenvalue weighted by atomic mass is 32.2. The van der Waals surface area contributed by atoms with Crippen LogP contribution in [0.15, 0.2) is 52.9 Å². The van der Waals surface area contributed by atoms with Crippen LogP contribution in [-0.4, -0.2) is 56.6 Å². The monoisotopic (exact) mass is 340 g/mol. The van der Waals surface area contributed by atoms with Crippen molar-refractivity contribution in [1.29, 1.82) is 0 Å². The van der Waals surface area contributed by atoms with Gasteiger partial charge in [0.15, 0.2) is 10.9 Å². The molecule has 0 spiro atoms. The first-order valence-electron chi connectivity index (χ1n) is 7.75. The van der Waals surface area contributed by atoms with Crippen molar-refractivity contribution in [2.75, 3.05) is 26.2 Å². The molecule has 4 heterocycles. The number of hydrogen-bond donors (Lipinski definition) is 1. The predicted molar refractivity (Wildman–Crippen MR) is 90.1 cm³/mol. The summed E-state index contributed by atoms with van der Waals surface area (Å²) in [7, 11) is 0. The van der Waals surface area contributed by atoms with Gasteiger partial charge in [0.2, 0.25) is 0 Å². The van der Waals surface area contributed by atoms with Gasteiger partial charge in [0.25, 0.3) is 5.91 Å². The van der Waals surface area contributed by atoms with E-state index in [1.54, 1.807) is 11.0 Å². The molecule has 0 unspecified atom stereocenters. The third-order valence-electron chi connectivity index (χ3n) is 3.86. The number of imidazole rings is 1. The van der Waals surface area contributed by atoms with Gasteiger partial charge in [-0.1, -0.05) is 6.07 Å². The molecule has 1 aliphatic rings. The van der Waals surface area contributed by atoms with Crippen LogP contribution in [0.3, 0.4) is 0 Å². The highest BCUT2D eigenvalue weighted by Gasteiger charge is 2.19. The van der Waals surface area contributed by atoms with Crippen molar-refractivity contribution in [3.8, 4) is 0 Å². The number of piperazine rings is 1. The van der Waals surface area contributed by atoms with Crippen LogP contribution in [0, 0.1) is 0 Å². The van der Waals surface area contributed by atoms with E-state index in [4.69, 9.17) is 0 Å². The third kappa shape index (κ3) is 2.98. The Morgan fingerprint density at radius 1 is 1.12 bits per heavy atom. The van der Waals surface area contributed by atoms with Gasteiger partial charge in [-0.2, -0.15) is 0 Å². The number of rotatable bonds is 3. The number of fused-ring (bicyclic) bond motifs is 1. The van der Waals surface area contributed by atoms with Crippen LogP contribution in [0.5, 0.6) is 0 Å². The molecule has 0 atom stereocenters. The topological polar surface area (TPSA) is 75.4 Å². The Bertz CT molecular complexity index is 856. The smallest absolute Gasteiger partial charge is 0.274 e. The van der Waals surface area contributed by atoms with Crippen LogP contribution < -0.4 is 5.32 Å². The molecular formula is C16H16N6OS. The van der Waals surface area contributed by atoms with Gasteiger partial charge in [-0.05, 0) is 36.0 Å². The minimum Gasteiger partial charge on any atom is -0.335 e. The van der Waals surface area contributed by atoms with E-state index in [2.05, 4.69) is 20.5 Å². The standard InChI is InChI=1S/C16H16N6OS/c23-15(21-9-6-17-7-10-21)13-4-5-14(20-19-13)24-16-18-11-12-3-1-2-8-22(12)16/h1-5,8,11,17H,6-7,9-10H2. The highest BCUT2D eigenvalue weighted by molar-refractivity contribution is 7.99. The van der Waals surface area contributed by atoms with E-state index in [1.165, 1.54) is 11.8 Å². The van der Waals surface area contributed by atoms with Crippen molar-refractivity contribution >= 4 is 23.2 Å². The van der Waals surface area contributed by atoms with Crippen molar-refractivity contribution in [3.63, 3.8) is 0 Å². The molecule has 122 valence electrons. The SMILES string of the molecule is O=C(c1ccc(Sc2ncc3ccccn23)nn1)N1CCNCC1. The van der Waals surface area contributed by atoms with E-state index in [0.29, 0.717) is 23.8 Å². The Morgan fingerprint density at radius 2 is 2.00 bits per heavy atom. The number of pyridine rings is 1. The van der Waals surface area contributed by atoms with E-state index in [0.717, 1.165) is 23.8 Å². The second-order valence-corrected chi connectivity index (χ2v) is 6.42. The van der Waals surface area contributed by atoms with Crippen molar-refractivity contribution < 1.29 is 4.79 Å². The molecule has 0 bridgehead atoms. The zero-order chi connectivity index (χ0) is 16.4. The minimum atomic E-state index is -0.0631. The molecule has 0 saturated carbocycles. The molecule has 1 N–H and O–H groups in total. The van der Waals surface area contributed by atoms with Crippen molar-refractivity contribution in [2.45, 2.75) is 10.2 Å². The summed E-state index contributed by atoms with van der Waals surface area (Å²) in [5.74, 6) is -0.0631. The maximum Gasteiger partial charge on any atom is 0.274 e. The normalized spacial score (nSPS) is 14.9. The van der Waals surface area contributed by atoms with Crippen LogP contribution in [0.2, 0.25) is 0 Å². The average Bonchev–Trinajstić information content (AvgIpc) is 3.06. The third-order valence-corrected chi connectivity index (χ3v) is 4.78. The van der Waals surface area contributed by atoms with Gasteiger partial charge in [-0.3, -0.25) is 9.20 Å². The number of carbonyl (C=O) groups is 1. The number of nitrogens with one attached hydrogen (secondary N) is 1. The van der Waals surface area contributed by atoms with Gasteiger partial charge in [-0.15, -0.1) is 10.2 Å². The van der Waals surface area contributed by atoms with Crippen molar-refractivity contribution in [1.82, 2.24) is 29.8 Å². The van der Waals surface area contributed by atoms with Crippen LogP contribution in [-0.2, 0) is 0 Å². The molecule has 1 aliphatic heterocycles. The molecule has 1 saturated heterocycles. The molecule has 3 aromatic heterocycles. The molecule has 4 rings (SSSR count). The van der Waals surface area contributed by atoms with Gasteiger partial charge in [0.05, 0.1) is 11.7 Å². The van der Waals surface area contributed by atoms with Crippen LogP contribution in [0.4, 0.5) is 0 Å². The summed E-state index contributed by atoms with van der Waals surface area (Å²) in [6.07, 6.45) is 3.78. The summed E-state index contributed by atoms with van der Waals surface area (Å²) in [6.45, 7) is 3.05. The molecule has 1 amide bonds. The maximum atomic E-state index is 12.4. The van der Waals surface area contributed by atoms with Crippen LogP contribution in [0.25, 0.3) is 5.52 Å². The predicted octanol–water partition coefficient (Wildman–Crippen LogP) is 1.32. The Balaban J connectivity index is 1.50. The molecule has 3 aromatic rings. The van der Waals surface area contributed by atoms with E-state index in [1.807, 2.05) is 41.1 Å². The van der Waals surface area contributed by atoms with Gasteiger partial charge >= 0.3 is 0 Å². The molecule has 0 aromatic carbocycles. The summed E-state index contributed by atoms with van der Waals surface area (Å²) in [5, 5.41) is 13.0. The number of hydrogen-bond acceptors (Lipinski definition) is 6. The van der Waals surface area contributed by atoms with Gasteiger partial charge in [0.1, 0.15) is 5.03 Å². The Kier molecular flexibility index (Phi) is 4.14. The molecule has 1 fully saturated rings. The number of aromatic nitrogens is 4. The van der Waals surface area contributed by atoms with Crippen molar-refractivity contribution in [2.24, 2.45) is 0 Å². The lowest BCUT2D eigenvalue weighted by Crippen LogP contribution is -2.46. The fourth-order valence-corrected chi connectivity index (χ4v) is 3.38. The second kappa shape index (κ2) is 6.58. The summed E-state index contributed by atoms with van der Waals surface area (Å²) in [5.41, 5.74) is 1.41. The van der Waals surface area contributed by atoms with Crippen LogP contribution >= 0.6 is 11.8 Å². The first-order chi connectivity index (χ1) is 11.8. The molecule has 7 nitrogen and oxygen atoms in total. The molecule has 0 aliphatic carbocycles. The van der Waals surface area contributed by atoms with E-state index in [9.17, 15) is 4.79 Å². The lowest BCUT2D eigenvalue weighted by Gasteiger charge is -2.26. The fourth-order valence-electron chi connectivity index (χ4n) is 2.61. The number of amides is 1. The van der Waals surface area contributed by atoms with E-state index >= 15 is 0 Å². The fraction of sp³-hybridized carbons (Fsp3) is 0.250. The highest BCUT2D eigenvalue weighted by Crippen LogP contribution is 2.25. The lowest BCUT2D eigenvalue weighted by atomic mass is 10.3. The quantitative estimate of drug-likeness (QED) is 0.775. The largest absolute Gasteiger partial charge is 0.335 e. The first kappa shape index (κ1) is 15.1. The van der Waals surface area contributed by atoms with Crippen molar-refractivity contribution in [3.05, 3.63) is 48.4 Å². The van der Waals surface area contributed by atoms with Gasteiger partial charge in [0, 0.05) is 32.4 Å². The maximum absolute atomic E-state index is 12.4. The average molecular weight is 340 g/mol. The summed E-state index contributed by atoms with van der Waals surface area (Å²) >= 11 is 1.42. The van der Waals surface area contributed by atoms with Gasteiger partial charge < -0.3 is 10.2 Å². The van der Waals surface area contributed by atoms with E-state index < -0.39 is 0 Å². The molecular weight excluding hydrogens is 324 g/mol. The first-order valence-corrected chi connectivity index (χ1v) is 8.56. The minimum absolute atomic E-state index is 0.0631. The summed E-state index contributed by atoms with van der Waals surface area (Å²) in [4.78, 5) is 18.6. The molecule has 24 heavy (non-hydrogen) atoms. The lowest BCUT2D eigenvalue weighted by molar-refractivity contribution is 0.0728. The number of nitrogens with zero attached hydrogens (tertiary/aromatic N) is 5. The molecule has 0 radical (unpaired) electrons. The zero-order valence-corrected chi connectivity index (χ0v) is 13.7. The Hall–Kier alpha value is -2.45.